The fourth-order valence-electron chi connectivity index (χ4n) is 3.25. The van der Waals surface area contributed by atoms with Crippen LogP contribution in [0.5, 0.6) is 0 Å². The van der Waals surface area contributed by atoms with Gasteiger partial charge in [-0.2, -0.15) is 0 Å². The molecule has 23 heavy (non-hydrogen) atoms. The first kappa shape index (κ1) is 14.3. The van der Waals surface area contributed by atoms with Crippen LogP contribution in [0, 0.1) is 0 Å². The molecule has 0 aliphatic carbocycles. The Morgan fingerprint density at radius 2 is 1.52 bits per heavy atom. The number of fused-ring (bicyclic) bond motifs is 3. The largest absolute Gasteiger partial charge is 0.316 e. The van der Waals surface area contributed by atoms with Crippen LogP contribution < -0.4 is 5.19 Å². The summed E-state index contributed by atoms with van der Waals surface area (Å²) in [6.07, 6.45) is 2.16. The van der Waals surface area contributed by atoms with Crippen LogP contribution in [0.1, 0.15) is 0 Å². The molecule has 4 aromatic rings. The van der Waals surface area contributed by atoms with E-state index < -0.39 is 8.07 Å². The summed E-state index contributed by atoms with van der Waals surface area (Å²) in [6, 6.07) is 24.4. The fraction of sp³-hybridized carbons (Fsp3) is 0.143. The van der Waals surface area contributed by atoms with E-state index in [1.807, 2.05) is 0 Å². The summed E-state index contributed by atoms with van der Waals surface area (Å²) in [5.74, 6) is 0. The molecule has 0 unspecified atom stereocenters. The third-order valence-electron chi connectivity index (χ3n) is 4.56. The van der Waals surface area contributed by atoms with Crippen LogP contribution in [0.15, 0.2) is 72.9 Å². The van der Waals surface area contributed by atoms with E-state index in [1.165, 1.54) is 32.7 Å². The van der Waals surface area contributed by atoms with Crippen molar-refractivity contribution in [3.8, 4) is 11.1 Å². The van der Waals surface area contributed by atoms with E-state index in [0.29, 0.717) is 0 Å². The van der Waals surface area contributed by atoms with Gasteiger partial charge in [0.05, 0.1) is 19.1 Å². The minimum absolute atomic E-state index is 1.26. The molecule has 0 bridgehead atoms. The lowest BCUT2D eigenvalue weighted by atomic mass is 10.0. The molecule has 2 heterocycles. The van der Waals surface area contributed by atoms with Gasteiger partial charge in [-0.3, -0.25) is 0 Å². The zero-order valence-electron chi connectivity index (χ0n) is 13.9. The van der Waals surface area contributed by atoms with Gasteiger partial charge in [0.2, 0.25) is 0 Å². The molecule has 0 fully saturated rings. The van der Waals surface area contributed by atoms with Crippen LogP contribution in [0.3, 0.4) is 0 Å². The SMILES string of the molecule is C[Si](C)(C)c1cccc(-c2cc3ccccc3n3cccc23)c1. The number of hydrogen-bond donors (Lipinski definition) is 0. The molecule has 2 aromatic carbocycles. The topological polar surface area (TPSA) is 4.41 Å². The molecule has 2 heteroatoms. The van der Waals surface area contributed by atoms with Crippen LogP contribution >= 0.6 is 0 Å². The van der Waals surface area contributed by atoms with E-state index in [-0.39, 0.29) is 0 Å². The highest BCUT2D eigenvalue weighted by atomic mass is 28.3. The predicted octanol–water partition coefficient (Wildman–Crippen LogP) is 5.30. The number of rotatable bonds is 2. The number of nitrogens with zero attached hydrogens (tertiary/aromatic N) is 1. The minimum atomic E-state index is -1.31. The molecule has 0 N–H and O–H groups in total. The highest BCUT2D eigenvalue weighted by Crippen LogP contribution is 2.30. The van der Waals surface area contributed by atoms with Gasteiger partial charge in [-0.15, -0.1) is 0 Å². The van der Waals surface area contributed by atoms with Crippen molar-refractivity contribution in [1.29, 1.82) is 0 Å². The molecule has 0 aliphatic heterocycles. The number of pyridine rings is 1. The zero-order valence-corrected chi connectivity index (χ0v) is 14.9. The van der Waals surface area contributed by atoms with Gasteiger partial charge in [0.1, 0.15) is 0 Å². The quantitative estimate of drug-likeness (QED) is 0.442. The lowest BCUT2D eigenvalue weighted by Crippen LogP contribution is -2.37. The molecular formula is C21H21NSi. The van der Waals surface area contributed by atoms with Crippen molar-refractivity contribution in [3.63, 3.8) is 0 Å². The Balaban J connectivity index is 2.03. The molecule has 0 spiro atoms. The van der Waals surface area contributed by atoms with Crippen molar-refractivity contribution in [2.24, 2.45) is 0 Å². The van der Waals surface area contributed by atoms with E-state index in [0.717, 1.165) is 0 Å². The molecule has 1 nitrogen and oxygen atoms in total. The maximum Gasteiger partial charge on any atom is 0.0776 e. The van der Waals surface area contributed by atoms with Crippen molar-refractivity contribution < 1.29 is 0 Å². The summed E-state index contributed by atoms with van der Waals surface area (Å²) in [5.41, 5.74) is 5.17. The molecule has 0 radical (unpaired) electrons. The Bertz CT molecular complexity index is 1010. The molecule has 0 saturated heterocycles. The summed E-state index contributed by atoms with van der Waals surface area (Å²) >= 11 is 0. The van der Waals surface area contributed by atoms with Gasteiger partial charge in [0, 0.05) is 11.8 Å². The number of hydrogen-bond acceptors (Lipinski definition) is 0. The summed E-state index contributed by atoms with van der Waals surface area (Å²) < 4.78 is 2.30. The van der Waals surface area contributed by atoms with E-state index in [4.69, 9.17) is 0 Å². The van der Waals surface area contributed by atoms with Crippen molar-refractivity contribution in [1.82, 2.24) is 4.40 Å². The third kappa shape index (κ3) is 2.39. The van der Waals surface area contributed by atoms with Crippen LogP contribution in [0.2, 0.25) is 19.6 Å². The Morgan fingerprint density at radius 3 is 2.35 bits per heavy atom. The first-order valence-electron chi connectivity index (χ1n) is 8.14. The Hall–Kier alpha value is -2.32. The average Bonchev–Trinajstić information content (AvgIpc) is 3.03. The lowest BCUT2D eigenvalue weighted by molar-refractivity contribution is 1.27. The maximum absolute atomic E-state index is 2.40. The van der Waals surface area contributed by atoms with Crippen molar-refractivity contribution in [2.75, 3.05) is 0 Å². The van der Waals surface area contributed by atoms with Gasteiger partial charge in [-0.05, 0) is 35.2 Å². The average molecular weight is 315 g/mol. The van der Waals surface area contributed by atoms with Crippen LogP contribution in [-0.2, 0) is 0 Å². The molecule has 4 rings (SSSR count). The summed E-state index contributed by atoms with van der Waals surface area (Å²) in [6.45, 7) is 7.21. The van der Waals surface area contributed by atoms with Crippen molar-refractivity contribution in [2.45, 2.75) is 19.6 Å². The van der Waals surface area contributed by atoms with E-state index in [2.05, 4.69) is 97.0 Å². The van der Waals surface area contributed by atoms with Crippen LogP contribution in [-0.4, -0.2) is 12.5 Å². The molecule has 0 amide bonds. The number of aromatic nitrogens is 1. The first-order chi connectivity index (χ1) is 11.0. The van der Waals surface area contributed by atoms with E-state index in [1.54, 1.807) is 0 Å². The lowest BCUT2D eigenvalue weighted by Gasteiger charge is -2.18. The first-order valence-corrected chi connectivity index (χ1v) is 11.6. The molecule has 0 atom stereocenters. The van der Waals surface area contributed by atoms with Crippen LogP contribution in [0.25, 0.3) is 27.5 Å². The Kier molecular flexibility index (Phi) is 3.17. The summed E-state index contributed by atoms with van der Waals surface area (Å²) in [4.78, 5) is 0. The second kappa shape index (κ2) is 5.10. The molecule has 114 valence electrons. The van der Waals surface area contributed by atoms with Gasteiger partial charge < -0.3 is 4.40 Å². The summed E-state index contributed by atoms with van der Waals surface area (Å²) in [7, 11) is -1.31. The van der Waals surface area contributed by atoms with Gasteiger partial charge in [0.25, 0.3) is 0 Å². The van der Waals surface area contributed by atoms with Crippen molar-refractivity contribution in [3.05, 3.63) is 72.9 Å². The molecule has 0 aliphatic rings. The minimum Gasteiger partial charge on any atom is -0.316 e. The van der Waals surface area contributed by atoms with E-state index in [9.17, 15) is 0 Å². The zero-order chi connectivity index (χ0) is 16.0. The van der Waals surface area contributed by atoms with Gasteiger partial charge in [-0.1, -0.05) is 67.3 Å². The standard InChI is InChI=1S/C21H21NSi/c1-23(2,3)18-10-6-9-16(14-18)19-15-17-8-4-5-11-20(17)22-13-7-12-21(19)22/h4-15H,1-3H3. The molecule has 0 saturated carbocycles. The maximum atomic E-state index is 2.40. The molecule has 2 aromatic heterocycles. The Labute approximate surface area is 138 Å². The number of para-hydroxylation sites is 1. The fourth-order valence-corrected chi connectivity index (χ4v) is 4.44. The van der Waals surface area contributed by atoms with Gasteiger partial charge >= 0.3 is 0 Å². The van der Waals surface area contributed by atoms with Gasteiger partial charge in [0.15, 0.2) is 0 Å². The third-order valence-corrected chi connectivity index (χ3v) is 6.60. The molecular weight excluding hydrogens is 294 g/mol. The predicted molar refractivity (Wildman–Crippen MR) is 103 cm³/mol. The van der Waals surface area contributed by atoms with Crippen molar-refractivity contribution >= 4 is 29.7 Å². The normalized spacial score (nSPS) is 12.1. The van der Waals surface area contributed by atoms with Crippen LogP contribution in [0.4, 0.5) is 0 Å². The monoisotopic (exact) mass is 315 g/mol. The highest BCUT2D eigenvalue weighted by Gasteiger charge is 2.17. The Morgan fingerprint density at radius 1 is 0.739 bits per heavy atom. The van der Waals surface area contributed by atoms with E-state index >= 15 is 0 Å². The summed E-state index contributed by atoms with van der Waals surface area (Å²) in [5, 5.41) is 2.79. The highest BCUT2D eigenvalue weighted by molar-refractivity contribution is 6.88. The smallest absolute Gasteiger partial charge is 0.0776 e. The van der Waals surface area contributed by atoms with Gasteiger partial charge in [-0.25, -0.2) is 0 Å². The second-order valence-corrected chi connectivity index (χ2v) is 12.3. The number of benzene rings is 2. The second-order valence-electron chi connectivity index (χ2n) is 7.21.